The van der Waals surface area contributed by atoms with Crippen molar-refractivity contribution in [3.8, 4) is 0 Å². The van der Waals surface area contributed by atoms with E-state index in [2.05, 4.69) is 32.2 Å². The van der Waals surface area contributed by atoms with Crippen molar-refractivity contribution in [1.82, 2.24) is 30.1 Å². The van der Waals surface area contributed by atoms with E-state index in [1.807, 2.05) is 46.3 Å². The molecule has 4 rings (SSSR count). The second-order valence-electron chi connectivity index (χ2n) is 8.07. The van der Waals surface area contributed by atoms with E-state index in [1.165, 1.54) is 13.3 Å². The summed E-state index contributed by atoms with van der Waals surface area (Å²) < 4.78 is 0. The van der Waals surface area contributed by atoms with E-state index in [0.29, 0.717) is 18.7 Å². The van der Waals surface area contributed by atoms with E-state index < -0.39 is 0 Å². The zero-order chi connectivity index (χ0) is 22.5. The van der Waals surface area contributed by atoms with Crippen LogP contribution in [0.25, 0.3) is 11.0 Å². The van der Waals surface area contributed by atoms with Crippen molar-refractivity contribution in [2.75, 3.05) is 51.2 Å². The lowest BCUT2D eigenvalue weighted by molar-refractivity contribution is -0.118. The lowest BCUT2D eigenvalue weighted by Crippen LogP contribution is -2.35. The molecule has 0 unspecified atom stereocenters. The number of rotatable bonds is 6. The molecule has 0 saturated carbocycles. The number of carbonyl (C=O) groups excluding carboxylic acids is 2. The SMILES string of the molecule is CC(=O)NCCN(c1cccc(C(=O)N2CCCN(C)CC2)c1)c1ncnc2[nH]ccc12. The van der Waals surface area contributed by atoms with Crippen LogP contribution in [-0.4, -0.2) is 82.9 Å². The predicted octanol–water partition coefficient (Wildman–Crippen LogP) is 2.01. The highest BCUT2D eigenvalue weighted by Crippen LogP contribution is 2.29. The molecule has 1 aliphatic heterocycles. The minimum Gasteiger partial charge on any atom is -0.355 e. The van der Waals surface area contributed by atoms with Crippen molar-refractivity contribution in [1.29, 1.82) is 0 Å². The molecule has 3 heterocycles. The van der Waals surface area contributed by atoms with Gasteiger partial charge in [0, 0.05) is 57.1 Å². The van der Waals surface area contributed by atoms with Crippen LogP contribution in [0.15, 0.2) is 42.9 Å². The van der Waals surface area contributed by atoms with Crippen LogP contribution in [0.4, 0.5) is 11.5 Å². The van der Waals surface area contributed by atoms with Crippen molar-refractivity contribution in [2.45, 2.75) is 13.3 Å². The zero-order valence-electron chi connectivity index (χ0n) is 18.5. The first kappa shape index (κ1) is 21.8. The van der Waals surface area contributed by atoms with Gasteiger partial charge in [-0.25, -0.2) is 9.97 Å². The van der Waals surface area contributed by atoms with Gasteiger partial charge in [-0.3, -0.25) is 9.59 Å². The Morgan fingerprint density at radius 2 is 2.03 bits per heavy atom. The standard InChI is InChI=1S/C23H29N7O2/c1-17(31)24-9-12-30(22-20-7-8-25-21(20)26-16-27-22)19-6-3-5-18(15-19)23(32)29-11-4-10-28(2)13-14-29/h3,5-8,15-16H,4,9-14H2,1-2H3,(H,24,31)(H,25,26,27). The Labute approximate surface area is 187 Å². The number of benzene rings is 1. The summed E-state index contributed by atoms with van der Waals surface area (Å²) in [6.07, 6.45) is 4.31. The Bertz CT molecular complexity index is 1100. The number of anilines is 2. The van der Waals surface area contributed by atoms with Gasteiger partial charge in [0.05, 0.1) is 5.39 Å². The summed E-state index contributed by atoms with van der Waals surface area (Å²) in [7, 11) is 2.09. The second-order valence-corrected chi connectivity index (χ2v) is 8.07. The topological polar surface area (TPSA) is 97.5 Å². The predicted molar refractivity (Wildman–Crippen MR) is 124 cm³/mol. The number of nitrogens with one attached hydrogen (secondary N) is 2. The molecule has 0 bridgehead atoms. The van der Waals surface area contributed by atoms with Gasteiger partial charge in [0.25, 0.3) is 5.91 Å². The fraction of sp³-hybridized carbons (Fsp3) is 0.391. The zero-order valence-corrected chi connectivity index (χ0v) is 18.5. The van der Waals surface area contributed by atoms with Crippen molar-refractivity contribution in [2.24, 2.45) is 0 Å². The smallest absolute Gasteiger partial charge is 0.253 e. The first-order chi connectivity index (χ1) is 15.5. The number of amides is 2. The third-order valence-corrected chi connectivity index (χ3v) is 5.71. The summed E-state index contributed by atoms with van der Waals surface area (Å²) in [4.78, 5) is 42.8. The molecule has 2 aromatic heterocycles. The van der Waals surface area contributed by atoms with Crippen LogP contribution < -0.4 is 10.2 Å². The number of H-pyrrole nitrogens is 1. The Morgan fingerprint density at radius 1 is 1.16 bits per heavy atom. The summed E-state index contributed by atoms with van der Waals surface area (Å²) in [5, 5.41) is 3.72. The number of fused-ring (bicyclic) bond motifs is 1. The highest BCUT2D eigenvalue weighted by Gasteiger charge is 2.21. The molecule has 1 fully saturated rings. The van der Waals surface area contributed by atoms with Crippen LogP contribution in [-0.2, 0) is 4.79 Å². The maximum Gasteiger partial charge on any atom is 0.253 e. The molecular formula is C23H29N7O2. The van der Waals surface area contributed by atoms with Gasteiger partial charge in [-0.15, -0.1) is 0 Å². The van der Waals surface area contributed by atoms with Crippen LogP contribution in [0.5, 0.6) is 0 Å². The van der Waals surface area contributed by atoms with Crippen molar-refractivity contribution in [3.05, 3.63) is 48.4 Å². The van der Waals surface area contributed by atoms with Crippen LogP contribution >= 0.6 is 0 Å². The minimum absolute atomic E-state index is 0.0402. The number of nitrogens with zero attached hydrogens (tertiary/aromatic N) is 5. The molecule has 1 aliphatic rings. The summed E-state index contributed by atoms with van der Waals surface area (Å²) in [6.45, 7) is 5.81. The molecule has 0 radical (unpaired) electrons. The van der Waals surface area contributed by atoms with Crippen LogP contribution in [0, 0.1) is 0 Å². The molecule has 9 nitrogen and oxygen atoms in total. The van der Waals surface area contributed by atoms with Crippen LogP contribution in [0.3, 0.4) is 0 Å². The molecule has 0 aliphatic carbocycles. The first-order valence-corrected chi connectivity index (χ1v) is 10.9. The third-order valence-electron chi connectivity index (χ3n) is 5.71. The van der Waals surface area contributed by atoms with Gasteiger partial charge in [-0.2, -0.15) is 0 Å². The molecule has 3 aromatic rings. The van der Waals surface area contributed by atoms with E-state index in [1.54, 1.807) is 0 Å². The molecule has 1 saturated heterocycles. The average molecular weight is 436 g/mol. The molecule has 9 heteroatoms. The van der Waals surface area contributed by atoms with Gasteiger partial charge in [0.15, 0.2) is 0 Å². The maximum absolute atomic E-state index is 13.2. The quantitative estimate of drug-likeness (QED) is 0.615. The normalized spacial score (nSPS) is 14.9. The van der Waals surface area contributed by atoms with Crippen molar-refractivity contribution < 1.29 is 9.59 Å². The van der Waals surface area contributed by atoms with Crippen molar-refractivity contribution in [3.63, 3.8) is 0 Å². The van der Waals surface area contributed by atoms with Gasteiger partial charge in [0.2, 0.25) is 5.91 Å². The fourth-order valence-corrected chi connectivity index (χ4v) is 4.01. The molecule has 2 amide bonds. The Hall–Kier alpha value is -3.46. The molecule has 0 spiro atoms. The number of aromatic nitrogens is 3. The van der Waals surface area contributed by atoms with E-state index in [0.717, 1.165) is 55.1 Å². The molecule has 2 N–H and O–H groups in total. The van der Waals surface area contributed by atoms with E-state index in [-0.39, 0.29) is 11.8 Å². The fourth-order valence-electron chi connectivity index (χ4n) is 4.01. The summed E-state index contributed by atoms with van der Waals surface area (Å²) >= 11 is 0. The minimum atomic E-state index is -0.0884. The van der Waals surface area contributed by atoms with Crippen LogP contribution in [0.2, 0.25) is 0 Å². The van der Waals surface area contributed by atoms with E-state index >= 15 is 0 Å². The van der Waals surface area contributed by atoms with Crippen LogP contribution in [0.1, 0.15) is 23.7 Å². The van der Waals surface area contributed by atoms with Gasteiger partial charge >= 0.3 is 0 Å². The van der Waals surface area contributed by atoms with E-state index in [9.17, 15) is 9.59 Å². The Balaban J connectivity index is 1.65. The lowest BCUT2D eigenvalue weighted by Gasteiger charge is -2.26. The Morgan fingerprint density at radius 3 is 2.88 bits per heavy atom. The summed E-state index contributed by atoms with van der Waals surface area (Å²) in [5.74, 6) is 0.676. The van der Waals surface area contributed by atoms with Gasteiger partial charge in [-0.1, -0.05) is 6.07 Å². The number of carbonyl (C=O) groups is 2. The second kappa shape index (κ2) is 9.78. The largest absolute Gasteiger partial charge is 0.355 e. The average Bonchev–Trinajstić information content (AvgIpc) is 3.17. The number of likely N-dealkylation sites (N-methyl/N-ethyl adjacent to an activating group) is 1. The molecular weight excluding hydrogens is 406 g/mol. The number of aromatic amines is 1. The highest BCUT2D eigenvalue weighted by atomic mass is 16.2. The van der Waals surface area contributed by atoms with Gasteiger partial charge in [-0.05, 0) is 44.3 Å². The molecule has 32 heavy (non-hydrogen) atoms. The Kier molecular flexibility index (Phi) is 6.65. The highest BCUT2D eigenvalue weighted by molar-refractivity contribution is 5.96. The van der Waals surface area contributed by atoms with Gasteiger partial charge in [0.1, 0.15) is 17.8 Å². The monoisotopic (exact) mass is 435 g/mol. The molecule has 168 valence electrons. The maximum atomic E-state index is 13.2. The number of hydrogen-bond acceptors (Lipinski definition) is 6. The number of hydrogen-bond donors (Lipinski definition) is 2. The van der Waals surface area contributed by atoms with E-state index in [4.69, 9.17) is 0 Å². The first-order valence-electron chi connectivity index (χ1n) is 10.9. The van der Waals surface area contributed by atoms with Crippen molar-refractivity contribution >= 4 is 34.4 Å². The lowest BCUT2D eigenvalue weighted by atomic mass is 10.1. The van der Waals surface area contributed by atoms with Gasteiger partial charge < -0.3 is 25.0 Å². The summed E-state index contributed by atoms with van der Waals surface area (Å²) in [6, 6.07) is 9.55. The molecule has 0 atom stereocenters. The third kappa shape index (κ3) is 4.88. The summed E-state index contributed by atoms with van der Waals surface area (Å²) in [5.41, 5.74) is 2.23. The molecule has 1 aromatic carbocycles.